The fourth-order valence-electron chi connectivity index (χ4n) is 1.39. The molecule has 0 saturated heterocycles. The van der Waals surface area contributed by atoms with Gasteiger partial charge < -0.3 is 10.1 Å². The smallest absolute Gasteiger partial charge is 0.0615 e. The molecule has 1 atom stereocenters. The van der Waals surface area contributed by atoms with Crippen molar-refractivity contribution in [2.45, 2.75) is 44.7 Å². The van der Waals surface area contributed by atoms with Crippen molar-refractivity contribution < 1.29 is 4.74 Å². The minimum atomic E-state index is 0.574. The molecule has 2 nitrogen and oxygen atoms in total. The highest BCUT2D eigenvalue weighted by Crippen LogP contribution is 2.18. The number of nitrogens with one attached hydrogen (secondary N) is 1. The molecule has 0 aromatic heterocycles. The third-order valence-corrected chi connectivity index (χ3v) is 2.44. The maximum absolute atomic E-state index is 5.10. The van der Waals surface area contributed by atoms with E-state index in [0.29, 0.717) is 6.04 Å². The molecule has 0 amide bonds. The van der Waals surface area contributed by atoms with Crippen LogP contribution in [0.4, 0.5) is 0 Å². The van der Waals surface area contributed by atoms with Crippen LogP contribution in [0.3, 0.4) is 0 Å². The van der Waals surface area contributed by atoms with Gasteiger partial charge in [0.15, 0.2) is 0 Å². The van der Waals surface area contributed by atoms with Crippen LogP contribution in [0.1, 0.15) is 32.6 Å². The van der Waals surface area contributed by atoms with Crippen LogP contribution < -0.4 is 5.32 Å². The topological polar surface area (TPSA) is 21.3 Å². The second kappa shape index (κ2) is 4.73. The van der Waals surface area contributed by atoms with E-state index in [1.54, 1.807) is 7.11 Å². The average Bonchev–Trinajstić information content (AvgIpc) is 1.94. The van der Waals surface area contributed by atoms with Gasteiger partial charge >= 0.3 is 0 Å². The number of hydrogen-bond acceptors (Lipinski definition) is 2. The second-order valence-corrected chi connectivity index (χ2v) is 3.36. The van der Waals surface area contributed by atoms with Gasteiger partial charge in [-0.1, -0.05) is 13.3 Å². The SMILES string of the molecule is CCC(COC)NC1CCC1. The molecular formula is C9H19NO. The zero-order chi connectivity index (χ0) is 8.10. The van der Waals surface area contributed by atoms with Gasteiger partial charge in [-0.15, -0.1) is 0 Å². The zero-order valence-electron chi connectivity index (χ0n) is 7.60. The van der Waals surface area contributed by atoms with Gasteiger partial charge in [0, 0.05) is 19.2 Å². The highest BCUT2D eigenvalue weighted by atomic mass is 16.5. The molecule has 1 aliphatic carbocycles. The molecule has 66 valence electrons. The first kappa shape index (κ1) is 9.01. The summed E-state index contributed by atoms with van der Waals surface area (Å²) in [6.07, 6.45) is 5.30. The van der Waals surface area contributed by atoms with Gasteiger partial charge in [-0.2, -0.15) is 0 Å². The number of ether oxygens (including phenoxy) is 1. The lowest BCUT2D eigenvalue weighted by Gasteiger charge is -2.30. The Morgan fingerprint density at radius 2 is 2.27 bits per heavy atom. The normalized spacial score (nSPS) is 21.3. The fourth-order valence-corrected chi connectivity index (χ4v) is 1.39. The van der Waals surface area contributed by atoms with Crippen molar-refractivity contribution in [2.24, 2.45) is 0 Å². The molecule has 0 bridgehead atoms. The van der Waals surface area contributed by atoms with Crippen molar-refractivity contribution >= 4 is 0 Å². The molecule has 1 unspecified atom stereocenters. The van der Waals surface area contributed by atoms with Crippen LogP contribution in [0.25, 0.3) is 0 Å². The Hall–Kier alpha value is -0.0800. The van der Waals surface area contributed by atoms with Crippen molar-refractivity contribution in [3.8, 4) is 0 Å². The maximum atomic E-state index is 5.10. The third-order valence-electron chi connectivity index (χ3n) is 2.44. The van der Waals surface area contributed by atoms with Crippen molar-refractivity contribution in [1.29, 1.82) is 0 Å². The van der Waals surface area contributed by atoms with Gasteiger partial charge in [-0.25, -0.2) is 0 Å². The number of rotatable bonds is 5. The molecule has 0 radical (unpaired) electrons. The Morgan fingerprint density at radius 3 is 2.64 bits per heavy atom. The van der Waals surface area contributed by atoms with E-state index in [-0.39, 0.29) is 0 Å². The lowest BCUT2D eigenvalue weighted by molar-refractivity contribution is 0.148. The van der Waals surface area contributed by atoms with Crippen LogP contribution in [0.2, 0.25) is 0 Å². The molecule has 0 aromatic carbocycles. The molecule has 0 heterocycles. The van der Waals surface area contributed by atoms with E-state index in [1.165, 1.54) is 25.7 Å². The predicted octanol–water partition coefficient (Wildman–Crippen LogP) is 1.55. The lowest BCUT2D eigenvalue weighted by Crippen LogP contribution is -2.44. The molecule has 0 spiro atoms. The molecule has 1 rings (SSSR count). The Kier molecular flexibility index (Phi) is 3.87. The van der Waals surface area contributed by atoms with E-state index >= 15 is 0 Å². The first-order valence-corrected chi connectivity index (χ1v) is 4.61. The Morgan fingerprint density at radius 1 is 1.55 bits per heavy atom. The summed E-state index contributed by atoms with van der Waals surface area (Å²) in [5, 5.41) is 3.58. The van der Waals surface area contributed by atoms with Crippen LogP contribution in [0.15, 0.2) is 0 Å². The zero-order valence-corrected chi connectivity index (χ0v) is 7.60. The van der Waals surface area contributed by atoms with Gasteiger partial charge in [0.05, 0.1) is 6.61 Å². The van der Waals surface area contributed by atoms with Crippen LogP contribution in [-0.2, 0) is 4.74 Å². The molecule has 1 N–H and O–H groups in total. The standard InChI is InChI=1S/C9H19NO/c1-3-8(7-11-2)10-9-5-4-6-9/h8-10H,3-7H2,1-2H3. The average molecular weight is 157 g/mol. The predicted molar refractivity (Wildman–Crippen MR) is 46.7 cm³/mol. The molecule has 2 heteroatoms. The Labute approximate surface area is 69.3 Å². The number of methoxy groups -OCH3 is 1. The third kappa shape index (κ3) is 2.80. The first-order valence-electron chi connectivity index (χ1n) is 4.61. The first-order chi connectivity index (χ1) is 5.36. The molecule has 11 heavy (non-hydrogen) atoms. The van der Waals surface area contributed by atoms with Crippen LogP contribution in [0.5, 0.6) is 0 Å². The minimum Gasteiger partial charge on any atom is -0.383 e. The molecule has 0 aromatic rings. The van der Waals surface area contributed by atoms with Gasteiger partial charge in [0.25, 0.3) is 0 Å². The number of hydrogen-bond donors (Lipinski definition) is 1. The van der Waals surface area contributed by atoms with Crippen molar-refractivity contribution in [2.75, 3.05) is 13.7 Å². The van der Waals surface area contributed by atoms with Crippen molar-refractivity contribution in [3.63, 3.8) is 0 Å². The van der Waals surface area contributed by atoms with E-state index in [4.69, 9.17) is 4.74 Å². The van der Waals surface area contributed by atoms with E-state index < -0.39 is 0 Å². The molecule has 1 fully saturated rings. The van der Waals surface area contributed by atoms with Gasteiger partial charge in [-0.3, -0.25) is 0 Å². The van der Waals surface area contributed by atoms with Crippen LogP contribution in [-0.4, -0.2) is 25.8 Å². The summed E-state index contributed by atoms with van der Waals surface area (Å²) in [5.74, 6) is 0. The highest BCUT2D eigenvalue weighted by molar-refractivity contribution is 4.80. The van der Waals surface area contributed by atoms with E-state index in [1.807, 2.05) is 0 Å². The molecule has 0 aliphatic heterocycles. The summed E-state index contributed by atoms with van der Waals surface area (Å²) < 4.78 is 5.10. The Bertz CT molecular complexity index is 102. The lowest BCUT2D eigenvalue weighted by atomic mass is 9.92. The van der Waals surface area contributed by atoms with Crippen molar-refractivity contribution in [3.05, 3.63) is 0 Å². The highest BCUT2D eigenvalue weighted by Gasteiger charge is 2.19. The van der Waals surface area contributed by atoms with Gasteiger partial charge in [0.2, 0.25) is 0 Å². The van der Waals surface area contributed by atoms with Crippen LogP contribution >= 0.6 is 0 Å². The van der Waals surface area contributed by atoms with E-state index in [0.717, 1.165) is 12.6 Å². The largest absolute Gasteiger partial charge is 0.383 e. The maximum Gasteiger partial charge on any atom is 0.0615 e. The molecule has 1 aliphatic rings. The summed E-state index contributed by atoms with van der Waals surface area (Å²) in [6.45, 7) is 3.06. The van der Waals surface area contributed by atoms with Gasteiger partial charge in [0.1, 0.15) is 0 Å². The fraction of sp³-hybridized carbons (Fsp3) is 1.00. The monoisotopic (exact) mass is 157 g/mol. The van der Waals surface area contributed by atoms with Gasteiger partial charge in [-0.05, 0) is 19.3 Å². The quantitative estimate of drug-likeness (QED) is 0.654. The second-order valence-electron chi connectivity index (χ2n) is 3.36. The Balaban J connectivity index is 2.08. The van der Waals surface area contributed by atoms with Crippen LogP contribution in [0, 0.1) is 0 Å². The molecule has 1 saturated carbocycles. The summed E-state index contributed by atoms with van der Waals surface area (Å²) in [7, 11) is 1.77. The molecular weight excluding hydrogens is 138 g/mol. The minimum absolute atomic E-state index is 0.574. The summed E-state index contributed by atoms with van der Waals surface area (Å²) >= 11 is 0. The summed E-state index contributed by atoms with van der Waals surface area (Å²) in [4.78, 5) is 0. The van der Waals surface area contributed by atoms with Crippen molar-refractivity contribution in [1.82, 2.24) is 5.32 Å². The van der Waals surface area contributed by atoms with E-state index in [2.05, 4.69) is 12.2 Å². The summed E-state index contributed by atoms with van der Waals surface area (Å²) in [6, 6.07) is 1.36. The van der Waals surface area contributed by atoms with E-state index in [9.17, 15) is 0 Å². The summed E-state index contributed by atoms with van der Waals surface area (Å²) in [5.41, 5.74) is 0.